The summed E-state index contributed by atoms with van der Waals surface area (Å²) < 4.78 is 17.8. The number of aliphatic hydroxyl groups is 1. The number of ether oxygens (including phenoxy) is 1. The fourth-order valence-corrected chi connectivity index (χ4v) is 1.30. The number of imide groups is 1. The molecule has 0 radical (unpaired) electrons. The molecule has 90 valence electrons. The van der Waals surface area contributed by atoms with Crippen molar-refractivity contribution in [1.82, 2.24) is 4.90 Å². The molecule has 0 spiro atoms. The van der Waals surface area contributed by atoms with Crippen LogP contribution >= 0.6 is 0 Å². The third-order valence-corrected chi connectivity index (χ3v) is 2.17. The average Bonchev–Trinajstić information content (AvgIpc) is 2.64. The van der Waals surface area contributed by atoms with Crippen molar-refractivity contribution in [1.29, 1.82) is 0 Å². The van der Waals surface area contributed by atoms with Crippen molar-refractivity contribution in [2.45, 2.75) is 25.9 Å². The lowest BCUT2D eigenvalue weighted by Crippen LogP contribution is -2.30. The van der Waals surface area contributed by atoms with Crippen molar-refractivity contribution in [2.24, 2.45) is 0 Å². The minimum Gasteiger partial charge on any atom is -0.447 e. The van der Waals surface area contributed by atoms with Gasteiger partial charge in [0.15, 0.2) is 0 Å². The molecule has 1 heterocycles. The van der Waals surface area contributed by atoms with E-state index in [0.717, 1.165) is 4.90 Å². The first kappa shape index (κ1) is 12.6. The van der Waals surface area contributed by atoms with Gasteiger partial charge >= 0.3 is 6.09 Å². The molecule has 5 nitrogen and oxygen atoms in total. The number of hydrogen-bond donors (Lipinski definition) is 1. The van der Waals surface area contributed by atoms with Gasteiger partial charge in [-0.2, -0.15) is 0 Å². The molecule has 0 aromatic heterocycles. The SMILES string of the molecule is CCCC(O)/C(F)=C/C(=O)N1CCOC1=O. The summed E-state index contributed by atoms with van der Waals surface area (Å²) in [6.45, 7) is 2.03. The molecule has 1 aliphatic rings. The molecular formula is C10H14FNO4. The summed E-state index contributed by atoms with van der Waals surface area (Å²) in [5.74, 6) is -1.72. The van der Waals surface area contributed by atoms with Crippen LogP contribution in [0.5, 0.6) is 0 Å². The van der Waals surface area contributed by atoms with Gasteiger partial charge in [0.1, 0.15) is 18.5 Å². The molecule has 1 unspecified atom stereocenters. The number of carbonyl (C=O) groups is 2. The van der Waals surface area contributed by atoms with Gasteiger partial charge in [-0.15, -0.1) is 0 Å². The normalized spacial score (nSPS) is 18.6. The van der Waals surface area contributed by atoms with Crippen molar-refractivity contribution >= 4 is 12.0 Å². The molecule has 1 atom stereocenters. The molecule has 0 aliphatic carbocycles. The van der Waals surface area contributed by atoms with Gasteiger partial charge in [0, 0.05) is 6.08 Å². The highest BCUT2D eigenvalue weighted by molar-refractivity contribution is 5.99. The minimum absolute atomic E-state index is 0.116. The molecule has 16 heavy (non-hydrogen) atoms. The Morgan fingerprint density at radius 1 is 1.75 bits per heavy atom. The van der Waals surface area contributed by atoms with Crippen LogP contribution in [0.3, 0.4) is 0 Å². The van der Waals surface area contributed by atoms with E-state index < -0.39 is 23.9 Å². The van der Waals surface area contributed by atoms with Crippen molar-refractivity contribution < 1.29 is 23.8 Å². The fourth-order valence-electron chi connectivity index (χ4n) is 1.30. The van der Waals surface area contributed by atoms with E-state index in [2.05, 4.69) is 4.74 Å². The molecule has 1 N–H and O–H groups in total. The number of amides is 2. The van der Waals surface area contributed by atoms with Crippen LogP contribution in [0.4, 0.5) is 9.18 Å². The van der Waals surface area contributed by atoms with E-state index in [1.165, 1.54) is 0 Å². The number of nitrogens with zero attached hydrogens (tertiary/aromatic N) is 1. The summed E-state index contributed by atoms with van der Waals surface area (Å²) in [5.41, 5.74) is 0. The Morgan fingerprint density at radius 2 is 2.44 bits per heavy atom. The van der Waals surface area contributed by atoms with E-state index >= 15 is 0 Å². The molecule has 0 aromatic carbocycles. The quantitative estimate of drug-likeness (QED) is 0.732. The Bertz CT molecular complexity index is 316. The number of cyclic esters (lactones) is 1. The average molecular weight is 231 g/mol. The zero-order chi connectivity index (χ0) is 12.1. The Balaban J connectivity index is 2.61. The van der Waals surface area contributed by atoms with Crippen molar-refractivity contribution in [2.75, 3.05) is 13.2 Å². The van der Waals surface area contributed by atoms with Crippen molar-refractivity contribution in [3.05, 3.63) is 11.9 Å². The number of aliphatic hydroxyl groups excluding tert-OH is 1. The van der Waals surface area contributed by atoms with Crippen LogP contribution in [0.2, 0.25) is 0 Å². The third-order valence-electron chi connectivity index (χ3n) is 2.17. The van der Waals surface area contributed by atoms with Gasteiger partial charge in [0.25, 0.3) is 5.91 Å². The van der Waals surface area contributed by atoms with Gasteiger partial charge in [-0.1, -0.05) is 13.3 Å². The highest BCUT2D eigenvalue weighted by atomic mass is 19.1. The second kappa shape index (κ2) is 5.60. The number of rotatable bonds is 4. The Kier molecular flexibility index (Phi) is 4.42. The highest BCUT2D eigenvalue weighted by Gasteiger charge is 2.27. The lowest BCUT2D eigenvalue weighted by Gasteiger charge is -2.09. The van der Waals surface area contributed by atoms with Crippen LogP contribution in [0.25, 0.3) is 0 Å². The molecule has 0 saturated carbocycles. The fraction of sp³-hybridized carbons (Fsp3) is 0.600. The predicted molar refractivity (Wildman–Crippen MR) is 53.2 cm³/mol. The molecular weight excluding hydrogens is 217 g/mol. The van der Waals surface area contributed by atoms with Gasteiger partial charge in [0.05, 0.1) is 6.54 Å². The zero-order valence-electron chi connectivity index (χ0n) is 8.98. The maximum Gasteiger partial charge on any atom is 0.416 e. The predicted octanol–water partition coefficient (Wildman–Crippen LogP) is 0.980. The van der Waals surface area contributed by atoms with Crippen LogP contribution in [0, 0.1) is 0 Å². The van der Waals surface area contributed by atoms with Gasteiger partial charge in [0.2, 0.25) is 0 Å². The molecule has 1 aliphatic heterocycles. The summed E-state index contributed by atoms with van der Waals surface area (Å²) in [6.07, 6.45) is -0.596. The monoisotopic (exact) mass is 231 g/mol. The standard InChI is InChI=1S/C10H14FNO4/c1-2-3-8(13)7(11)6-9(14)12-4-5-16-10(12)15/h6,8,13H,2-5H2,1H3/b7-6-. The first-order valence-corrected chi connectivity index (χ1v) is 5.09. The molecule has 1 fully saturated rings. The first-order valence-electron chi connectivity index (χ1n) is 5.09. The molecule has 6 heteroatoms. The summed E-state index contributed by atoms with van der Waals surface area (Å²) in [5, 5.41) is 9.25. The van der Waals surface area contributed by atoms with Crippen molar-refractivity contribution in [3.63, 3.8) is 0 Å². The topological polar surface area (TPSA) is 66.8 Å². The maximum absolute atomic E-state index is 13.2. The second-order valence-electron chi connectivity index (χ2n) is 3.44. The number of carbonyl (C=O) groups excluding carboxylic acids is 2. The number of halogens is 1. The van der Waals surface area contributed by atoms with E-state index in [1.807, 2.05) is 0 Å². The summed E-state index contributed by atoms with van der Waals surface area (Å²) in [6, 6.07) is 0. The summed E-state index contributed by atoms with van der Waals surface area (Å²) >= 11 is 0. The molecule has 2 amide bonds. The van der Waals surface area contributed by atoms with E-state index in [0.29, 0.717) is 12.5 Å². The van der Waals surface area contributed by atoms with E-state index in [9.17, 15) is 19.1 Å². The van der Waals surface area contributed by atoms with E-state index in [-0.39, 0.29) is 19.6 Å². The summed E-state index contributed by atoms with van der Waals surface area (Å²) in [7, 11) is 0. The Labute approximate surface area is 92.5 Å². The van der Waals surface area contributed by atoms with Crippen LogP contribution in [0.15, 0.2) is 11.9 Å². The Hall–Kier alpha value is -1.43. The van der Waals surface area contributed by atoms with Gasteiger partial charge in [-0.3, -0.25) is 4.79 Å². The zero-order valence-corrected chi connectivity index (χ0v) is 8.98. The van der Waals surface area contributed by atoms with E-state index in [4.69, 9.17) is 0 Å². The van der Waals surface area contributed by atoms with Gasteiger partial charge < -0.3 is 9.84 Å². The van der Waals surface area contributed by atoms with Crippen molar-refractivity contribution in [3.8, 4) is 0 Å². The van der Waals surface area contributed by atoms with Gasteiger partial charge in [-0.25, -0.2) is 14.1 Å². The minimum atomic E-state index is -1.28. The smallest absolute Gasteiger partial charge is 0.416 e. The first-order chi connectivity index (χ1) is 7.56. The molecule has 1 saturated heterocycles. The number of hydrogen-bond acceptors (Lipinski definition) is 4. The van der Waals surface area contributed by atoms with Crippen LogP contribution in [0.1, 0.15) is 19.8 Å². The van der Waals surface area contributed by atoms with E-state index in [1.54, 1.807) is 6.92 Å². The van der Waals surface area contributed by atoms with Crippen LogP contribution in [-0.4, -0.2) is 41.3 Å². The molecule has 0 aromatic rings. The lowest BCUT2D eigenvalue weighted by atomic mass is 10.2. The van der Waals surface area contributed by atoms with Crippen LogP contribution in [-0.2, 0) is 9.53 Å². The highest BCUT2D eigenvalue weighted by Crippen LogP contribution is 2.12. The van der Waals surface area contributed by atoms with Gasteiger partial charge in [-0.05, 0) is 6.42 Å². The lowest BCUT2D eigenvalue weighted by molar-refractivity contribution is -0.122. The maximum atomic E-state index is 13.2. The molecule has 0 bridgehead atoms. The summed E-state index contributed by atoms with van der Waals surface area (Å²) in [4.78, 5) is 23.1. The molecule has 1 rings (SSSR count). The third kappa shape index (κ3) is 3.03. The Morgan fingerprint density at radius 3 is 2.94 bits per heavy atom. The van der Waals surface area contributed by atoms with Crippen LogP contribution < -0.4 is 0 Å². The second-order valence-corrected chi connectivity index (χ2v) is 3.44. The largest absolute Gasteiger partial charge is 0.447 e.